The van der Waals surface area contributed by atoms with Gasteiger partial charge in [-0.25, -0.2) is 4.79 Å². The number of methoxy groups -OCH3 is 1. The number of carboxylic acids is 1. The number of carboxylic acid groups (broad SMARTS) is 1. The highest BCUT2D eigenvalue weighted by Crippen LogP contribution is 2.22. The number of nitrogens with zero attached hydrogens (tertiary/aromatic N) is 1. The minimum absolute atomic E-state index is 0.112. The third-order valence-electron chi connectivity index (χ3n) is 3.49. The average molecular weight is 279 g/mol. The fourth-order valence-corrected chi connectivity index (χ4v) is 2.37. The molecule has 1 heterocycles. The predicted molar refractivity (Wildman–Crippen MR) is 70.4 cm³/mol. The van der Waals surface area contributed by atoms with Crippen molar-refractivity contribution >= 4 is 11.9 Å². The molecule has 1 aromatic rings. The lowest BCUT2D eigenvalue weighted by Crippen LogP contribution is -2.41. The van der Waals surface area contributed by atoms with Crippen molar-refractivity contribution in [3.05, 3.63) is 29.8 Å². The van der Waals surface area contributed by atoms with E-state index < -0.39 is 12.0 Å². The Bertz CT molecular complexity index is 499. The summed E-state index contributed by atoms with van der Waals surface area (Å²) in [5.41, 5.74) is 0.734. The van der Waals surface area contributed by atoms with Crippen LogP contribution < -0.4 is 0 Å². The first-order chi connectivity index (χ1) is 9.51. The number of phenolic OH excluding ortho intramolecular Hbond substituents is 1. The van der Waals surface area contributed by atoms with Crippen LogP contribution >= 0.6 is 0 Å². The quantitative estimate of drug-likeness (QED) is 0.844. The van der Waals surface area contributed by atoms with E-state index >= 15 is 0 Å². The lowest BCUT2D eigenvalue weighted by Gasteiger charge is -2.21. The molecule has 1 aromatic carbocycles. The number of hydrogen-bond acceptors (Lipinski definition) is 4. The van der Waals surface area contributed by atoms with Gasteiger partial charge in [-0.1, -0.05) is 12.1 Å². The Hall–Kier alpha value is -2.08. The fourth-order valence-electron chi connectivity index (χ4n) is 2.37. The Morgan fingerprint density at radius 1 is 1.35 bits per heavy atom. The van der Waals surface area contributed by atoms with Crippen molar-refractivity contribution < 1.29 is 24.5 Å². The van der Waals surface area contributed by atoms with Crippen molar-refractivity contribution in [2.75, 3.05) is 13.7 Å². The minimum Gasteiger partial charge on any atom is -0.508 e. The largest absolute Gasteiger partial charge is 0.508 e. The van der Waals surface area contributed by atoms with Crippen LogP contribution in [0.2, 0.25) is 0 Å². The Morgan fingerprint density at radius 2 is 2.00 bits per heavy atom. The molecule has 1 amide bonds. The van der Waals surface area contributed by atoms with Crippen LogP contribution in [-0.4, -0.2) is 52.8 Å². The molecule has 0 bridgehead atoms. The number of likely N-dealkylation sites (tertiary alicyclic amines) is 1. The molecule has 6 heteroatoms. The van der Waals surface area contributed by atoms with Crippen molar-refractivity contribution in [3.63, 3.8) is 0 Å². The monoisotopic (exact) mass is 279 g/mol. The van der Waals surface area contributed by atoms with Gasteiger partial charge >= 0.3 is 5.97 Å². The Labute approximate surface area is 116 Å². The molecule has 20 heavy (non-hydrogen) atoms. The first-order valence-corrected chi connectivity index (χ1v) is 6.34. The summed E-state index contributed by atoms with van der Waals surface area (Å²) in [7, 11) is 1.51. The van der Waals surface area contributed by atoms with Crippen molar-refractivity contribution in [2.45, 2.75) is 25.0 Å². The zero-order chi connectivity index (χ0) is 14.7. The Balaban J connectivity index is 2.07. The van der Waals surface area contributed by atoms with E-state index in [9.17, 15) is 14.7 Å². The number of aliphatic carboxylic acids is 1. The zero-order valence-corrected chi connectivity index (χ0v) is 11.2. The van der Waals surface area contributed by atoms with Gasteiger partial charge < -0.3 is 19.8 Å². The van der Waals surface area contributed by atoms with Gasteiger partial charge in [0, 0.05) is 20.1 Å². The lowest BCUT2D eigenvalue weighted by molar-refractivity contribution is -0.148. The number of phenols is 1. The highest BCUT2D eigenvalue weighted by atomic mass is 16.5. The number of amides is 1. The van der Waals surface area contributed by atoms with Crippen LogP contribution in [0.15, 0.2) is 24.3 Å². The smallest absolute Gasteiger partial charge is 0.326 e. The normalized spacial score (nSPS) is 21.9. The van der Waals surface area contributed by atoms with Gasteiger partial charge in [0.2, 0.25) is 5.91 Å². The van der Waals surface area contributed by atoms with E-state index in [0.29, 0.717) is 13.0 Å². The summed E-state index contributed by atoms with van der Waals surface area (Å²) >= 11 is 0. The van der Waals surface area contributed by atoms with E-state index in [4.69, 9.17) is 9.84 Å². The topological polar surface area (TPSA) is 87.1 Å². The summed E-state index contributed by atoms with van der Waals surface area (Å²) < 4.78 is 5.15. The van der Waals surface area contributed by atoms with Crippen LogP contribution in [-0.2, 0) is 20.7 Å². The maximum absolute atomic E-state index is 12.2. The average Bonchev–Trinajstić information content (AvgIpc) is 2.86. The Kier molecular flexibility index (Phi) is 4.24. The van der Waals surface area contributed by atoms with E-state index in [1.807, 2.05) is 0 Å². The number of hydrogen-bond donors (Lipinski definition) is 2. The van der Waals surface area contributed by atoms with Gasteiger partial charge in [0.05, 0.1) is 12.5 Å². The van der Waals surface area contributed by atoms with Crippen molar-refractivity contribution in [1.82, 2.24) is 4.90 Å². The number of rotatable bonds is 4. The first-order valence-electron chi connectivity index (χ1n) is 6.34. The van der Waals surface area contributed by atoms with Crippen molar-refractivity contribution in [3.8, 4) is 5.75 Å². The van der Waals surface area contributed by atoms with Gasteiger partial charge in [0.15, 0.2) is 0 Å². The third kappa shape index (κ3) is 3.08. The Morgan fingerprint density at radius 3 is 2.55 bits per heavy atom. The fraction of sp³-hybridized carbons (Fsp3) is 0.429. The second-order valence-corrected chi connectivity index (χ2v) is 4.84. The van der Waals surface area contributed by atoms with Gasteiger partial charge in [-0.2, -0.15) is 0 Å². The molecule has 2 rings (SSSR count). The maximum Gasteiger partial charge on any atom is 0.326 e. The molecule has 108 valence electrons. The van der Waals surface area contributed by atoms with Gasteiger partial charge in [0.1, 0.15) is 11.8 Å². The molecule has 0 saturated carbocycles. The highest BCUT2D eigenvalue weighted by molar-refractivity contribution is 5.85. The third-order valence-corrected chi connectivity index (χ3v) is 3.49. The van der Waals surface area contributed by atoms with E-state index in [2.05, 4.69) is 0 Å². The summed E-state index contributed by atoms with van der Waals surface area (Å²) in [6.07, 6.45) is 0.188. The second-order valence-electron chi connectivity index (χ2n) is 4.84. The summed E-state index contributed by atoms with van der Waals surface area (Å²) in [4.78, 5) is 24.8. The zero-order valence-electron chi connectivity index (χ0n) is 11.2. The molecule has 2 unspecified atom stereocenters. The van der Waals surface area contributed by atoms with Crippen molar-refractivity contribution in [2.24, 2.45) is 0 Å². The summed E-state index contributed by atoms with van der Waals surface area (Å²) in [6.45, 7) is 0.296. The number of carbonyl (C=O) groups is 2. The number of benzene rings is 1. The highest BCUT2D eigenvalue weighted by Gasteiger charge is 2.39. The summed E-state index contributed by atoms with van der Waals surface area (Å²) in [5.74, 6) is -1.13. The predicted octanol–water partition coefficient (Wildman–Crippen LogP) is 0.635. The molecule has 2 atom stereocenters. The first kappa shape index (κ1) is 14.3. The molecule has 1 saturated heterocycles. The molecular formula is C14H17NO5. The van der Waals surface area contributed by atoms with Gasteiger partial charge in [-0.15, -0.1) is 0 Å². The second kappa shape index (κ2) is 5.92. The molecule has 0 radical (unpaired) electrons. The lowest BCUT2D eigenvalue weighted by atomic mass is 10.1. The van der Waals surface area contributed by atoms with E-state index in [-0.39, 0.29) is 24.2 Å². The van der Waals surface area contributed by atoms with Crippen LogP contribution in [0.3, 0.4) is 0 Å². The van der Waals surface area contributed by atoms with Gasteiger partial charge in [-0.05, 0) is 17.7 Å². The van der Waals surface area contributed by atoms with Crippen molar-refractivity contribution in [1.29, 1.82) is 0 Å². The van der Waals surface area contributed by atoms with E-state index in [1.165, 1.54) is 24.1 Å². The number of carbonyl (C=O) groups excluding carboxylic acids is 1. The minimum atomic E-state index is -1.01. The van der Waals surface area contributed by atoms with Crippen LogP contribution in [0.25, 0.3) is 0 Å². The van der Waals surface area contributed by atoms with Crippen LogP contribution in [0, 0.1) is 0 Å². The molecular weight excluding hydrogens is 262 g/mol. The molecule has 1 aliphatic rings. The standard InChI is InChI=1S/C14H17NO5/c1-20-11-7-12(14(18)19)15(8-11)13(17)6-9-2-4-10(16)5-3-9/h2-5,11-12,16H,6-8H2,1H3,(H,18,19). The van der Waals surface area contributed by atoms with E-state index in [0.717, 1.165) is 5.56 Å². The molecule has 1 aliphatic heterocycles. The van der Waals surface area contributed by atoms with Crippen LogP contribution in [0.5, 0.6) is 5.75 Å². The maximum atomic E-state index is 12.2. The molecule has 0 aliphatic carbocycles. The van der Waals surface area contributed by atoms with Gasteiger partial charge in [0.25, 0.3) is 0 Å². The SMILES string of the molecule is COC1CC(C(=O)O)N(C(=O)Cc2ccc(O)cc2)C1. The molecule has 6 nitrogen and oxygen atoms in total. The van der Waals surface area contributed by atoms with Crippen LogP contribution in [0.4, 0.5) is 0 Å². The molecule has 2 N–H and O–H groups in total. The summed E-state index contributed by atoms with van der Waals surface area (Å²) in [5, 5.41) is 18.4. The number of aromatic hydroxyl groups is 1. The molecule has 1 fully saturated rings. The van der Waals surface area contributed by atoms with Gasteiger partial charge in [-0.3, -0.25) is 4.79 Å². The number of ether oxygens (including phenoxy) is 1. The van der Waals surface area contributed by atoms with E-state index in [1.54, 1.807) is 12.1 Å². The summed E-state index contributed by atoms with van der Waals surface area (Å²) in [6, 6.07) is 5.46. The molecule has 0 spiro atoms. The van der Waals surface area contributed by atoms with Crippen LogP contribution in [0.1, 0.15) is 12.0 Å². The molecule has 0 aromatic heterocycles.